The van der Waals surface area contributed by atoms with Crippen LogP contribution < -0.4 is 5.32 Å². The maximum atomic E-state index is 4.83. The SMILES string of the molecule is Cc1csc(NCc2conc2C)n1. The third-order valence-electron chi connectivity index (χ3n) is 1.90. The summed E-state index contributed by atoms with van der Waals surface area (Å²) in [7, 11) is 0. The number of thiazole rings is 1. The number of nitrogens with one attached hydrogen (secondary N) is 1. The minimum absolute atomic E-state index is 0.711. The van der Waals surface area contributed by atoms with Gasteiger partial charge in [0.2, 0.25) is 0 Å². The predicted molar refractivity (Wildman–Crippen MR) is 55.4 cm³/mol. The van der Waals surface area contributed by atoms with Gasteiger partial charge >= 0.3 is 0 Å². The van der Waals surface area contributed by atoms with Gasteiger partial charge in [-0.05, 0) is 13.8 Å². The lowest BCUT2D eigenvalue weighted by Crippen LogP contribution is -1.99. The van der Waals surface area contributed by atoms with Gasteiger partial charge in [0.1, 0.15) is 6.26 Å². The zero-order valence-electron chi connectivity index (χ0n) is 8.07. The van der Waals surface area contributed by atoms with Crippen molar-refractivity contribution in [2.75, 3.05) is 5.32 Å². The Balaban J connectivity index is 1.98. The van der Waals surface area contributed by atoms with E-state index in [1.54, 1.807) is 17.6 Å². The molecule has 0 fully saturated rings. The summed E-state index contributed by atoms with van der Waals surface area (Å²) < 4.78 is 4.83. The average molecular weight is 209 g/mol. The third kappa shape index (κ3) is 1.93. The van der Waals surface area contributed by atoms with Gasteiger partial charge < -0.3 is 9.84 Å². The van der Waals surface area contributed by atoms with Crippen molar-refractivity contribution < 1.29 is 4.52 Å². The second-order valence-corrected chi connectivity index (χ2v) is 3.93. The largest absolute Gasteiger partial charge is 0.364 e. The molecule has 14 heavy (non-hydrogen) atoms. The first kappa shape index (κ1) is 9.21. The van der Waals surface area contributed by atoms with Crippen LogP contribution in [0, 0.1) is 13.8 Å². The van der Waals surface area contributed by atoms with Gasteiger partial charge in [-0.1, -0.05) is 5.16 Å². The molecule has 2 aromatic rings. The number of rotatable bonds is 3. The summed E-state index contributed by atoms with van der Waals surface area (Å²) in [6.07, 6.45) is 1.66. The minimum atomic E-state index is 0.711. The topological polar surface area (TPSA) is 51.0 Å². The van der Waals surface area contributed by atoms with Crippen LogP contribution in [-0.2, 0) is 6.54 Å². The second-order valence-electron chi connectivity index (χ2n) is 3.07. The van der Waals surface area contributed by atoms with E-state index in [1.807, 2.05) is 19.2 Å². The highest BCUT2D eigenvalue weighted by molar-refractivity contribution is 7.13. The molecular weight excluding hydrogens is 198 g/mol. The van der Waals surface area contributed by atoms with Crippen LogP contribution in [-0.4, -0.2) is 10.1 Å². The number of hydrogen-bond acceptors (Lipinski definition) is 5. The standard InChI is InChI=1S/C9H11N3OS/c1-6-5-14-9(11-6)10-3-8-4-13-12-7(8)2/h4-5H,3H2,1-2H3,(H,10,11). The molecule has 0 aliphatic carbocycles. The Labute approximate surface area is 86.0 Å². The molecule has 5 heteroatoms. The number of nitrogens with zero attached hydrogens (tertiary/aromatic N) is 2. The molecule has 0 atom stereocenters. The second kappa shape index (κ2) is 3.79. The van der Waals surface area contributed by atoms with E-state index in [9.17, 15) is 0 Å². The van der Waals surface area contributed by atoms with Crippen molar-refractivity contribution in [2.45, 2.75) is 20.4 Å². The van der Waals surface area contributed by atoms with Crippen molar-refractivity contribution in [1.82, 2.24) is 10.1 Å². The monoisotopic (exact) mass is 209 g/mol. The zero-order valence-corrected chi connectivity index (χ0v) is 8.89. The third-order valence-corrected chi connectivity index (χ3v) is 2.82. The van der Waals surface area contributed by atoms with Crippen molar-refractivity contribution >= 4 is 16.5 Å². The summed E-state index contributed by atoms with van der Waals surface area (Å²) in [5.41, 5.74) is 3.03. The van der Waals surface area contributed by atoms with Crippen LogP contribution in [0.25, 0.3) is 0 Å². The van der Waals surface area contributed by atoms with Crippen LogP contribution in [0.3, 0.4) is 0 Å². The first-order chi connectivity index (χ1) is 6.75. The highest BCUT2D eigenvalue weighted by Crippen LogP contribution is 2.16. The maximum Gasteiger partial charge on any atom is 0.183 e. The van der Waals surface area contributed by atoms with Crippen molar-refractivity contribution in [3.8, 4) is 0 Å². The maximum absolute atomic E-state index is 4.83. The van der Waals surface area contributed by atoms with E-state index in [-0.39, 0.29) is 0 Å². The molecule has 74 valence electrons. The Kier molecular flexibility index (Phi) is 2.49. The number of aromatic nitrogens is 2. The van der Waals surface area contributed by atoms with Crippen LogP contribution in [0.4, 0.5) is 5.13 Å². The molecule has 0 spiro atoms. The molecule has 2 rings (SSSR count). The summed E-state index contributed by atoms with van der Waals surface area (Å²) in [6.45, 7) is 4.61. The van der Waals surface area contributed by atoms with E-state index in [1.165, 1.54) is 0 Å². The molecule has 2 heterocycles. The van der Waals surface area contributed by atoms with Crippen LogP contribution in [0.5, 0.6) is 0 Å². The van der Waals surface area contributed by atoms with Gasteiger partial charge in [-0.2, -0.15) is 0 Å². The molecular formula is C9H11N3OS. The Morgan fingerprint density at radius 1 is 1.50 bits per heavy atom. The fourth-order valence-electron chi connectivity index (χ4n) is 1.09. The molecule has 0 amide bonds. The summed E-state index contributed by atoms with van der Waals surface area (Å²) in [4.78, 5) is 4.30. The minimum Gasteiger partial charge on any atom is -0.364 e. The Bertz CT molecular complexity index is 421. The molecule has 0 unspecified atom stereocenters. The molecule has 0 saturated heterocycles. The van der Waals surface area contributed by atoms with Crippen molar-refractivity contribution in [2.24, 2.45) is 0 Å². The summed E-state index contributed by atoms with van der Waals surface area (Å²) in [5, 5.41) is 9.97. The quantitative estimate of drug-likeness (QED) is 0.843. The summed E-state index contributed by atoms with van der Waals surface area (Å²) >= 11 is 1.60. The average Bonchev–Trinajstić information content (AvgIpc) is 2.72. The number of aryl methyl sites for hydroxylation is 2. The van der Waals surface area contributed by atoms with Crippen LogP contribution in [0.2, 0.25) is 0 Å². The Morgan fingerprint density at radius 2 is 2.36 bits per heavy atom. The van der Waals surface area contributed by atoms with E-state index in [4.69, 9.17) is 4.52 Å². The normalized spacial score (nSPS) is 10.4. The molecule has 0 radical (unpaired) electrons. The molecule has 0 saturated carbocycles. The molecule has 1 N–H and O–H groups in total. The molecule has 2 aromatic heterocycles. The van der Waals surface area contributed by atoms with E-state index < -0.39 is 0 Å². The number of hydrogen-bond donors (Lipinski definition) is 1. The number of anilines is 1. The lowest BCUT2D eigenvalue weighted by molar-refractivity contribution is 0.414. The highest BCUT2D eigenvalue weighted by Gasteiger charge is 2.03. The van der Waals surface area contributed by atoms with Gasteiger partial charge in [0, 0.05) is 17.5 Å². The smallest absolute Gasteiger partial charge is 0.183 e. The molecule has 0 bridgehead atoms. The summed E-state index contributed by atoms with van der Waals surface area (Å²) in [5.74, 6) is 0. The van der Waals surface area contributed by atoms with Gasteiger partial charge in [-0.3, -0.25) is 0 Å². The predicted octanol–water partition coefficient (Wildman–Crippen LogP) is 2.36. The molecule has 0 aliphatic heterocycles. The first-order valence-electron chi connectivity index (χ1n) is 4.31. The fourth-order valence-corrected chi connectivity index (χ4v) is 1.78. The molecule has 0 aromatic carbocycles. The Hall–Kier alpha value is -1.36. The van der Waals surface area contributed by atoms with Crippen LogP contribution >= 0.6 is 11.3 Å². The van der Waals surface area contributed by atoms with Crippen LogP contribution in [0.1, 0.15) is 17.0 Å². The van der Waals surface area contributed by atoms with Crippen LogP contribution in [0.15, 0.2) is 16.2 Å². The van der Waals surface area contributed by atoms with Crippen molar-refractivity contribution in [3.63, 3.8) is 0 Å². The molecule has 4 nitrogen and oxygen atoms in total. The van der Waals surface area contributed by atoms with E-state index in [2.05, 4.69) is 15.5 Å². The van der Waals surface area contributed by atoms with Gasteiger partial charge in [0.05, 0.1) is 11.4 Å². The van der Waals surface area contributed by atoms with Gasteiger partial charge in [-0.25, -0.2) is 4.98 Å². The van der Waals surface area contributed by atoms with E-state index in [0.29, 0.717) is 6.54 Å². The Morgan fingerprint density at radius 3 is 2.93 bits per heavy atom. The summed E-state index contributed by atoms with van der Waals surface area (Å²) in [6, 6.07) is 0. The van der Waals surface area contributed by atoms with Crippen molar-refractivity contribution in [3.05, 3.63) is 28.6 Å². The lowest BCUT2D eigenvalue weighted by atomic mass is 10.3. The van der Waals surface area contributed by atoms with E-state index in [0.717, 1.165) is 22.1 Å². The zero-order chi connectivity index (χ0) is 9.97. The van der Waals surface area contributed by atoms with E-state index >= 15 is 0 Å². The van der Waals surface area contributed by atoms with Gasteiger partial charge in [0.15, 0.2) is 5.13 Å². The first-order valence-corrected chi connectivity index (χ1v) is 5.19. The van der Waals surface area contributed by atoms with Crippen molar-refractivity contribution in [1.29, 1.82) is 0 Å². The fraction of sp³-hybridized carbons (Fsp3) is 0.333. The van der Waals surface area contributed by atoms with Gasteiger partial charge in [0.25, 0.3) is 0 Å². The van der Waals surface area contributed by atoms with Gasteiger partial charge in [-0.15, -0.1) is 11.3 Å². The molecule has 0 aliphatic rings. The highest BCUT2D eigenvalue weighted by atomic mass is 32.1. The lowest BCUT2D eigenvalue weighted by Gasteiger charge is -1.98.